The van der Waals surface area contributed by atoms with Crippen LogP contribution in [-0.4, -0.2) is 9.97 Å². The van der Waals surface area contributed by atoms with Crippen LogP contribution in [-0.2, 0) is 0 Å². The highest BCUT2D eigenvalue weighted by atomic mass is 35.5. The number of para-hydroxylation sites is 1. The van der Waals surface area contributed by atoms with Gasteiger partial charge in [-0.2, -0.15) is 4.98 Å². The number of anilines is 3. The minimum absolute atomic E-state index is 0.132. The van der Waals surface area contributed by atoms with Crippen LogP contribution >= 0.6 is 11.6 Å². The van der Waals surface area contributed by atoms with E-state index >= 15 is 0 Å². The summed E-state index contributed by atoms with van der Waals surface area (Å²) in [6.07, 6.45) is 4.59. The highest BCUT2D eigenvalue weighted by Gasteiger charge is 2.23. The van der Waals surface area contributed by atoms with Gasteiger partial charge in [0.15, 0.2) is 0 Å². The number of fused-ring (bicyclic) bond motifs is 1. The van der Waals surface area contributed by atoms with Gasteiger partial charge in [0.05, 0.1) is 10.6 Å². The highest BCUT2D eigenvalue weighted by molar-refractivity contribution is 6.33. The Hall–Kier alpha value is -3.77. The molecule has 158 valence electrons. The minimum Gasteiger partial charge on any atom is -0.399 e. The Morgan fingerprint density at radius 2 is 1.81 bits per heavy atom. The smallest absolute Gasteiger partial charge is 0.221 e. The Bertz CT molecular complexity index is 1150. The van der Waals surface area contributed by atoms with E-state index < -0.39 is 0 Å². The largest absolute Gasteiger partial charge is 0.399 e. The minimum atomic E-state index is 0.132. The molecule has 0 saturated heterocycles. The average molecular weight is 433 g/mol. The van der Waals surface area contributed by atoms with Gasteiger partial charge in [-0.15, -0.1) is 0 Å². The first kappa shape index (κ1) is 21.9. The van der Waals surface area contributed by atoms with E-state index in [9.17, 15) is 0 Å². The fourth-order valence-corrected chi connectivity index (χ4v) is 3.60. The SMILES string of the molecule is C=C(N)c1cnc(N)nc1N.C=C1c2c(Cl)cccc2C=C(CC)N1c1ccccc1. The van der Waals surface area contributed by atoms with Crippen molar-refractivity contribution in [2.45, 2.75) is 13.3 Å². The molecule has 6 N–H and O–H groups in total. The van der Waals surface area contributed by atoms with Crippen LogP contribution in [0.3, 0.4) is 0 Å². The average Bonchev–Trinajstić information content (AvgIpc) is 2.74. The maximum absolute atomic E-state index is 6.36. The summed E-state index contributed by atoms with van der Waals surface area (Å²) in [6, 6.07) is 16.3. The number of halogens is 1. The third-order valence-electron chi connectivity index (χ3n) is 4.77. The maximum Gasteiger partial charge on any atom is 0.221 e. The molecule has 0 atom stereocenters. The van der Waals surface area contributed by atoms with Crippen LogP contribution in [0.2, 0.25) is 5.02 Å². The molecule has 3 aromatic rings. The Labute approximate surface area is 187 Å². The zero-order valence-electron chi connectivity index (χ0n) is 17.3. The first-order valence-electron chi connectivity index (χ1n) is 9.69. The zero-order chi connectivity index (χ0) is 22.5. The lowest BCUT2D eigenvalue weighted by molar-refractivity contribution is 1.02. The molecule has 6 nitrogen and oxygen atoms in total. The lowest BCUT2D eigenvalue weighted by atomic mass is 9.97. The van der Waals surface area contributed by atoms with Crippen LogP contribution in [0.25, 0.3) is 17.5 Å². The Morgan fingerprint density at radius 1 is 1.10 bits per heavy atom. The van der Waals surface area contributed by atoms with E-state index in [-0.39, 0.29) is 11.8 Å². The third-order valence-corrected chi connectivity index (χ3v) is 5.09. The number of hydrogen-bond acceptors (Lipinski definition) is 6. The molecule has 0 spiro atoms. The molecule has 0 aliphatic carbocycles. The van der Waals surface area contributed by atoms with Gasteiger partial charge < -0.3 is 22.1 Å². The summed E-state index contributed by atoms with van der Waals surface area (Å²) in [5, 5.41) is 0.750. The molecule has 0 bridgehead atoms. The number of nitrogens with two attached hydrogens (primary N) is 3. The number of nitrogens with zero attached hydrogens (tertiary/aromatic N) is 3. The molecular weight excluding hydrogens is 408 g/mol. The summed E-state index contributed by atoms with van der Waals surface area (Å²) in [4.78, 5) is 9.59. The molecule has 1 aromatic heterocycles. The second kappa shape index (κ2) is 9.36. The topological polar surface area (TPSA) is 107 Å². The van der Waals surface area contributed by atoms with Crippen molar-refractivity contribution in [2.24, 2.45) is 5.73 Å². The Balaban J connectivity index is 0.000000210. The van der Waals surface area contributed by atoms with Gasteiger partial charge in [-0.25, -0.2) is 4.98 Å². The molecule has 0 amide bonds. The van der Waals surface area contributed by atoms with Gasteiger partial charge in [0.1, 0.15) is 5.82 Å². The summed E-state index contributed by atoms with van der Waals surface area (Å²) < 4.78 is 0. The third kappa shape index (κ3) is 4.70. The van der Waals surface area contributed by atoms with Crippen LogP contribution in [0.5, 0.6) is 0 Å². The second-order valence-corrected chi connectivity index (χ2v) is 7.27. The van der Waals surface area contributed by atoms with Gasteiger partial charge in [0.2, 0.25) is 5.95 Å². The number of aromatic nitrogens is 2. The van der Waals surface area contributed by atoms with Crippen molar-refractivity contribution in [2.75, 3.05) is 16.4 Å². The molecule has 4 rings (SSSR count). The molecule has 0 saturated carbocycles. The van der Waals surface area contributed by atoms with Crippen molar-refractivity contribution in [1.29, 1.82) is 0 Å². The number of allylic oxidation sites excluding steroid dienone is 1. The summed E-state index contributed by atoms with van der Waals surface area (Å²) >= 11 is 6.36. The second-order valence-electron chi connectivity index (χ2n) is 6.86. The molecule has 1 aliphatic heterocycles. The van der Waals surface area contributed by atoms with E-state index in [0.29, 0.717) is 11.3 Å². The van der Waals surface area contributed by atoms with Gasteiger partial charge in [0.25, 0.3) is 0 Å². The number of nitrogen functional groups attached to an aromatic ring is 2. The van der Waals surface area contributed by atoms with Crippen LogP contribution < -0.4 is 22.1 Å². The van der Waals surface area contributed by atoms with Crippen molar-refractivity contribution in [3.8, 4) is 0 Å². The van der Waals surface area contributed by atoms with Crippen LogP contribution in [0.4, 0.5) is 17.5 Å². The van der Waals surface area contributed by atoms with E-state index in [1.807, 2.05) is 30.3 Å². The normalized spacial score (nSPS) is 12.4. The van der Waals surface area contributed by atoms with Crippen LogP contribution in [0.1, 0.15) is 30.0 Å². The van der Waals surface area contributed by atoms with E-state index in [1.165, 1.54) is 11.9 Å². The van der Waals surface area contributed by atoms with E-state index in [0.717, 1.165) is 34.0 Å². The molecule has 1 aliphatic rings. The number of rotatable bonds is 3. The molecule has 7 heteroatoms. The molecule has 2 heterocycles. The molecular formula is C24H25ClN6. The first-order valence-corrected chi connectivity index (χ1v) is 10.1. The zero-order valence-corrected chi connectivity index (χ0v) is 18.1. The van der Waals surface area contributed by atoms with Gasteiger partial charge in [-0.05, 0) is 36.3 Å². The fraction of sp³-hybridized carbons (Fsp3) is 0.0833. The summed E-state index contributed by atoms with van der Waals surface area (Å²) in [5.74, 6) is 0.387. The molecule has 2 aromatic carbocycles. The van der Waals surface area contributed by atoms with Crippen LogP contribution in [0.15, 0.2) is 73.6 Å². The lowest BCUT2D eigenvalue weighted by Crippen LogP contribution is -2.23. The number of benzene rings is 2. The van der Waals surface area contributed by atoms with Crippen LogP contribution in [0, 0.1) is 0 Å². The maximum atomic E-state index is 6.36. The molecule has 0 fully saturated rings. The predicted molar refractivity (Wildman–Crippen MR) is 132 cm³/mol. The molecule has 0 radical (unpaired) electrons. The van der Waals surface area contributed by atoms with Crippen molar-refractivity contribution >= 4 is 46.5 Å². The summed E-state index contributed by atoms with van der Waals surface area (Å²) in [6.45, 7) is 9.92. The summed E-state index contributed by atoms with van der Waals surface area (Å²) in [5.41, 5.74) is 22.4. The lowest BCUT2D eigenvalue weighted by Gasteiger charge is -2.34. The van der Waals surface area contributed by atoms with Crippen molar-refractivity contribution in [3.63, 3.8) is 0 Å². The highest BCUT2D eigenvalue weighted by Crippen LogP contribution is 2.40. The van der Waals surface area contributed by atoms with Crippen molar-refractivity contribution < 1.29 is 0 Å². The van der Waals surface area contributed by atoms with Crippen molar-refractivity contribution in [3.05, 3.63) is 95.3 Å². The predicted octanol–water partition coefficient (Wildman–Crippen LogP) is 5.15. The monoisotopic (exact) mass is 432 g/mol. The summed E-state index contributed by atoms with van der Waals surface area (Å²) in [7, 11) is 0. The Kier molecular flexibility index (Phi) is 6.62. The first-order chi connectivity index (χ1) is 14.8. The van der Waals surface area contributed by atoms with Gasteiger partial charge >= 0.3 is 0 Å². The van der Waals surface area contributed by atoms with E-state index in [2.05, 4.69) is 59.2 Å². The fourth-order valence-electron chi connectivity index (χ4n) is 3.31. The van der Waals surface area contributed by atoms with Gasteiger partial charge in [0, 0.05) is 34.5 Å². The molecule has 31 heavy (non-hydrogen) atoms. The van der Waals surface area contributed by atoms with Crippen molar-refractivity contribution in [1.82, 2.24) is 9.97 Å². The quantitative estimate of drug-likeness (QED) is 0.528. The number of hydrogen-bond donors (Lipinski definition) is 3. The van der Waals surface area contributed by atoms with E-state index in [1.54, 1.807) is 0 Å². The molecule has 0 unspecified atom stereocenters. The van der Waals surface area contributed by atoms with Gasteiger partial charge in [-0.1, -0.05) is 62.0 Å². The van der Waals surface area contributed by atoms with E-state index in [4.69, 9.17) is 28.8 Å². The Morgan fingerprint density at radius 3 is 2.42 bits per heavy atom. The van der Waals surface area contributed by atoms with Gasteiger partial charge in [-0.3, -0.25) is 0 Å². The standard InChI is InChI=1S/C18H16ClN.C6H9N5/c1-3-15-12-14-8-7-11-17(19)18(14)13(2)20(15)16-9-5-4-6-10-16;1-3(7)4-2-10-6(9)11-5(4)8/h4-12H,2-3H2,1H3;2H,1,7H2,(H4,8,9,10,11).